The predicted octanol–water partition coefficient (Wildman–Crippen LogP) is 7.45. The summed E-state index contributed by atoms with van der Waals surface area (Å²) >= 11 is 0. The van der Waals surface area contributed by atoms with Crippen molar-refractivity contribution in [2.45, 2.75) is 80.0 Å². The second-order valence-electron chi connectivity index (χ2n) is 10.6. The number of ether oxygens (including phenoxy) is 1. The number of aromatic hydroxyl groups is 1. The van der Waals surface area contributed by atoms with Crippen molar-refractivity contribution < 1.29 is 19.4 Å². The van der Waals surface area contributed by atoms with Gasteiger partial charge >= 0.3 is 6.09 Å². The Kier molecular flexibility index (Phi) is 11.4. The normalized spacial score (nSPS) is 13.6. The highest BCUT2D eigenvalue weighted by molar-refractivity contribution is 5.97. The fourth-order valence-corrected chi connectivity index (χ4v) is 4.55. The van der Waals surface area contributed by atoms with Crippen molar-refractivity contribution in [1.82, 2.24) is 10.2 Å². The standard InChI is InChI=1S/C29H35N3O4.2C2H6/c1-18-11-13-21(31(6)22-16-32(17-22)28(35)36-29(3,4)5)15-24(18)27(34)30-19(2)26-23-10-8-7-9-20(23)12-14-25(26)33;2*1-2/h7-15,19,22,33H,16-17H2,1-6H3,(H,30,34);2*1-2H3. The van der Waals surface area contributed by atoms with Crippen LogP contribution in [0, 0.1) is 6.92 Å². The van der Waals surface area contributed by atoms with E-state index in [-0.39, 0.29) is 23.8 Å². The summed E-state index contributed by atoms with van der Waals surface area (Å²) < 4.78 is 5.45. The maximum absolute atomic E-state index is 13.3. The van der Waals surface area contributed by atoms with Crippen LogP contribution in [0.2, 0.25) is 0 Å². The molecule has 0 aromatic heterocycles. The van der Waals surface area contributed by atoms with Gasteiger partial charge in [0, 0.05) is 37.0 Å². The van der Waals surface area contributed by atoms with Crippen molar-refractivity contribution in [3.05, 3.63) is 71.3 Å². The minimum Gasteiger partial charge on any atom is -0.508 e. The minimum atomic E-state index is -0.521. The third kappa shape index (κ3) is 7.68. The van der Waals surface area contributed by atoms with Gasteiger partial charge in [0.05, 0.1) is 12.1 Å². The van der Waals surface area contributed by atoms with E-state index in [4.69, 9.17) is 4.74 Å². The van der Waals surface area contributed by atoms with Gasteiger partial charge in [0.15, 0.2) is 0 Å². The molecule has 3 aromatic rings. The van der Waals surface area contributed by atoms with Gasteiger partial charge in [-0.05, 0) is 69.2 Å². The molecule has 1 heterocycles. The van der Waals surface area contributed by atoms with Crippen LogP contribution < -0.4 is 10.2 Å². The highest BCUT2D eigenvalue weighted by atomic mass is 16.6. The second kappa shape index (κ2) is 14.1. The Morgan fingerprint density at radius 1 is 1.02 bits per heavy atom. The average molecular weight is 550 g/mol. The number of carbonyl (C=O) groups is 2. The van der Waals surface area contributed by atoms with Crippen molar-refractivity contribution in [3.8, 4) is 5.75 Å². The predicted molar refractivity (Wildman–Crippen MR) is 165 cm³/mol. The van der Waals surface area contributed by atoms with E-state index in [1.165, 1.54) is 0 Å². The van der Waals surface area contributed by atoms with Gasteiger partial charge in [-0.3, -0.25) is 4.79 Å². The van der Waals surface area contributed by atoms with E-state index in [0.29, 0.717) is 24.2 Å². The molecule has 3 aromatic carbocycles. The molecule has 1 atom stereocenters. The van der Waals surface area contributed by atoms with Crippen LogP contribution in [0.3, 0.4) is 0 Å². The topological polar surface area (TPSA) is 82.1 Å². The molecule has 7 nitrogen and oxygen atoms in total. The first-order valence-electron chi connectivity index (χ1n) is 14.3. The number of rotatable bonds is 5. The van der Waals surface area contributed by atoms with E-state index in [1.807, 2.05) is 118 Å². The molecule has 1 aliphatic rings. The lowest BCUT2D eigenvalue weighted by molar-refractivity contribution is 0.00851. The lowest BCUT2D eigenvalue weighted by Gasteiger charge is -2.45. The zero-order valence-corrected chi connectivity index (χ0v) is 25.8. The second-order valence-corrected chi connectivity index (χ2v) is 10.6. The molecule has 218 valence electrons. The minimum absolute atomic E-state index is 0.141. The smallest absolute Gasteiger partial charge is 0.410 e. The zero-order chi connectivity index (χ0) is 30.2. The van der Waals surface area contributed by atoms with Gasteiger partial charge < -0.3 is 25.0 Å². The lowest BCUT2D eigenvalue weighted by Crippen LogP contribution is -2.61. The molecule has 0 saturated carbocycles. The number of phenols is 1. The number of carbonyl (C=O) groups excluding carboxylic acids is 2. The number of hydrogen-bond donors (Lipinski definition) is 2. The Morgan fingerprint density at radius 2 is 1.65 bits per heavy atom. The van der Waals surface area contributed by atoms with Gasteiger partial charge in [-0.25, -0.2) is 4.79 Å². The molecule has 0 bridgehead atoms. The summed E-state index contributed by atoms with van der Waals surface area (Å²) in [5.41, 5.74) is 2.52. The van der Waals surface area contributed by atoms with Crippen LogP contribution in [-0.2, 0) is 4.74 Å². The molecular formula is C33H47N3O4. The van der Waals surface area contributed by atoms with E-state index in [0.717, 1.165) is 22.0 Å². The summed E-state index contributed by atoms with van der Waals surface area (Å²) in [6.45, 7) is 18.5. The Bertz CT molecular complexity index is 1290. The highest BCUT2D eigenvalue weighted by Gasteiger charge is 2.36. The van der Waals surface area contributed by atoms with E-state index in [2.05, 4.69) is 10.2 Å². The van der Waals surface area contributed by atoms with Crippen LogP contribution in [0.15, 0.2) is 54.6 Å². The number of likely N-dealkylation sites (tertiary alicyclic amines) is 1. The van der Waals surface area contributed by atoms with Crippen molar-refractivity contribution in [3.63, 3.8) is 0 Å². The summed E-state index contributed by atoms with van der Waals surface area (Å²) in [7, 11) is 1.97. The summed E-state index contributed by atoms with van der Waals surface area (Å²) in [6, 6.07) is 16.9. The van der Waals surface area contributed by atoms with Crippen molar-refractivity contribution in [2.24, 2.45) is 0 Å². The number of anilines is 1. The quantitative estimate of drug-likeness (QED) is 0.345. The molecule has 1 aliphatic heterocycles. The molecule has 0 spiro atoms. The number of nitrogens with zero attached hydrogens (tertiary/aromatic N) is 2. The maximum atomic E-state index is 13.3. The Balaban J connectivity index is 0.00000134. The summed E-state index contributed by atoms with van der Waals surface area (Å²) in [5, 5.41) is 15.5. The molecule has 2 amide bonds. The number of likely N-dealkylation sites (N-methyl/N-ethyl adjacent to an activating group) is 1. The fraction of sp³-hybridized carbons (Fsp3) is 0.455. The van der Waals surface area contributed by atoms with Crippen LogP contribution in [0.5, 0.6) is 5.75 Å². The highest BCUT2D eigenvalue weighted by Crippen LogP contribution is 2.33. The molecular weight excluding hydrogens is 502 g/mol. The number of nitrogens with one attached hydrogen (secondary N) is 1. The van der Waals surface area contributed by atoms with Crippen LogP contribution in [0.1, 0.15) is 82.9 Å². The average Bonchev–Trinajstić information content (AvgIpc) is 2.89. The largest absolute Gasteiger partial charge is 0.508 e. The SMILES string of the molecule is CC.CC.Cc1ccc(N(C)C2CN(C(=O)OC(C)(C)C)C2)cc1C(=O)NC(C)c1c(O)ccc2ccccc12. The number of phenolic OH excluding ortho intramolecular Hbond substituents is 1. The Hall–Kier alpha value is -3.74. The molecule has 1 unspecified atom stereocenters. The van der Waals surface area contributed by atoms with Gasteiger partial charge in [0.2, 0.25) is 0 Å². The van der Waals surface area contributed by atoms with E-state index >= 15 is 0 Å². The monoisotopic (exact) mass is 549 g/mol. The van der Waals surface area contributed by atoms with Crippen LogP contribution >= 0.6 is 0 Å². The zero-order valence-electron chi connectivity index (χ0n) is 25.8. The number of amides is 2. The molecule has 0 radical (unpaired) electrons. The van der Waals surface area contributed by atoms with Gasteiger partial charge in [0.25, 0.3) is 5.91 Å². The molecule has 0 aliphatic carbocycles. The third-order valence-electron chi connectivity index (χ3n) is 6.66. The van der Waals surface area contributed by atoms with Gasteiger partial charge in [-0.15, -0.1) is 0 Å². The molecule has 7 heteroatoms. The van der Waals surface area contributed by atoms with Crippen LogP contribution in [-0.4, -0.2) is 53.8 Å². The molecule has 1 fully saturated rings. The Morgan fingerprint density at radius 3 is 2.27 bits per heavy atom. The van der Waals surface area contributed by atoms with Gasteiger partial charge in [-0.2, -0.15) is 0 Å². The van der Waals surface area contributed by atoms with E-state index < -0.39 is 11.6 Å². The van der Waals surface area contributed by atoms with Crippen molar-refractivity contribution in [2.75, 3.05) is 25.0 Å². The number of hydrogen-bond acceptors (Lipinski definition) is 5. The van der Waals surface area contributed by atoms with E-state index in [9.17, 15) is 14.7 Å². The molecule has 4 rings (SSSR count). The molecule has 40 heavy (non-hydrogen) atoms. The van der Waals surface area contributed by atoms with Gasteiger partial charge in [0.1, 0.15) is 11.4 Å². The van der Waals surface area contributed by atoms with Crippen LogP contribution in [0.4, 0.5) is 10.5 Å². The third-order valence-corrected chi connectivity index (χ3v) is 6.66. The van der Waals surface area contributed by atoms with E-state index in [1.54, 1.807) is 11.0 Å². The fourth-order valence-electron chi connectivity index (χ4n) is 4.55. The van der Waals surface area contributed by atoms with Crippen molar-refractivity contribution >= 4 is 28.5 Å². The summed E-state index contributed by atoms with van der Waals surface area (Å²) in [4.78, 5) is 29.4. The number of benzene rings is 3. The first-order chi connectivity index (χ1) is 18.9. The lowest BCUT2D eigenvalue weighted by atomic mass is 9.97. The number of aryl methyl sites for hydroxylation is 1. The first kappa shape index (κ1) is 32.5. The summed E-state index contributed by atoms with van der Waals surface area (Å²) in [5.74, 6) is -0.0437. The van der Waals surface area contributed by atoms with Crippen molar-refractivity contribution in [1.29, 1.82) is 0 Å². The molecule has 1 saturated heterocycles. The Labute approximate surface area is 240 Å². The summed E-state index contributed by atoms with van der Waals surface area (Å²) in [6.07, 6.45) is -0.304. The van der Waals surface area contributed by atoms with Crippen LogP contribution in [0.25, 0.3) is 10.8 Å². The molecule has 2 N–H and O–H groups in total. The van der Waals surface area contributed by atoms with Gasteiger partial charge in [-0.1, -0.05) is 64.1 Å². The number of fused-ring (bicyclic) bond motifs is 1. The first-order valence-corrected chi connectivity index (χ1v) is 14.3. The maximum Gasteiger partial charge on any atom is 0.410 e.